The van der Waals surface area contributed by atoms with Crippen molar-refractivity contribution < 1.29 is 29.6 Å². The molecule has 0 radical (unpaired) electrons. The molecule has 0 aromatic heterocycles. The molecular formula is C11H14O6. The van der Waals surface area contributed by atoms with Crippen LogP contribution in [0, 0.1) is 0 Å². The van der Waals surface area contributed by atoms with Gasteiger partial charge in [-0.1, -0.05) is 6.08 Å². The van der Waals surface area contributed by atoms with E-state index in [0.717, 1.165) is 0 Å². The number of cyclic esters (lactones) is 1. The third-order valence-electron chi connectivity index (χ3n) is 2.77. The van der Waals surface area contributed by atoms with Crippen LogP contribution in [0.1, 0.15) is 13.8 Å². The van der Waals surface area contributed by atoms with E-state index in [1.165, 1.54) is 13.0 Å². The molecule has 94 valence electrons. The number of aliphatic hydroxyl groups excluding tert-OH is 2. The summed E-state index contributed by atoms with van der Waals surface area (Å²) in [5.74, 6) is -2.91. The Balaban J connectivity index is 2.43. The molecule has 0 saturated carbocycles. The first-order chi connectivity index (χ1) is 7.88. The maximum Gasteiger partial charge on any atom is 0.343 e. The van der Waals surface area contributed by atoms with Crippen molar-refractivity contribution >= 4 is 5.97 Å². The molecule has 0 fully saturated rings. The number of carbonyl (C=O) groups is 1. The van der Waals surface area contributed by atoms with Crippen LogP contribution in [-0.4, -0.2) is 45.4 Å². The maximum atomic E-state index is 11.4. The average molecular weight is 242 g/mol. The lowest BCUT2D eigenvalue weighted by Crippen LogP contribution is -2.45. The van der Waals surface area contributed by atoms with E-state index in [9.17, 15) is 20.1 Å². The predicted molar refractivity (Wildman–Crippen MR) is 55.4 cm³/mol. The topological polar surface area (TPSA) is 96.2 Å². The van der Waals surface area contributed by atoms with Crippen molar-refractivity contribution in [2.45, 2.75) is 37.9 Å². The molecule has 4 atom stereocenters. The predicted octanol–water partition coefficient (Wildman–Crippen LogP) is -0.798. The lowest BCUT2D eigenvalue weighted by atomic mass is 9.95. The Kier molecular flexibility index (Phi) is 2.73. The van der Waals surface area contributed by atoms with Gasteiger partial charge in [0.15, 0.2) is 5.76 Å². The zero-order valence-corrected chi connectivity index (χ0v) is 9.45. The third-order valence-corrected chi connectivity index (χ3v) is 2.77. The minimum absolute atomic E-state index is 0.136. The second kappa shape index (κ2) is 3.83. The summed E-state index contributed by atoms with van der Waals surface area (Å²) in [6.07, 6.45) is -0.364. The molecule has 0 saturated heterocycles. The van der Waals surface area contributed by atoms with Crippen molar-refractivity contribution in [2.75, 3.05) is 0 Å². The molecule has 0 bridgehead atoms. The van der Waals surface area contributed by atoms with Gasteiger partial charge in [0.1, 0.15) is 23.9 Å². The van der Waals surface area contributed by atoms with Crippen molar-refractivity contribution in [3.63, 3.8) is 0 Å². The van der Waals surface area contributed by atoms with Crippen LogP contribution in [0.3, 0.4) is 0 Å². The summed E-state index contributed by atoms with van der Waals surface area (Å²) in [4.78, 5) is 11.4. The highest BCUT2D eigenvalue weighted by Gasteiger charge is 2.53. The molecule has 0 unspecified atom stereocenters. The largest absolute Gasteiger partial charge is 0.480 e. The lowest BCUT2D eigenvalue weighted by Gasteiger charge is -2.32. The van der Waals surface area contributed by atoms with Gasteiger partial charge in [0.05, 0.1) is 0 Å². The number of aliphatic hydroxyl groups is 3. The van der Waals surface area contributed by atoms with E-state index in [-0.39, 0.29) is 11.3 Å². The zero-order valence-electron chi connectivity index (χ0n) is 9.45. The van der Waals surface area contributed by atoms with Crippen molar-refractivity contribution in [3.8, 4) is 0 Å². The van der Waals surface area contributed by atoms with E-state index in [1.54, 1.807) is 13.0 Å². The molecule has 0 aromatic carbocycles. The number of hydrogen-bond acceptors (Lipinski definition) is 6. The van der Waals surface area contributed by atoms with Crippen LogP contribution in [0.2, 0.25) is 0 Å². The van der Waals surface area contributed by atoms with Gasteiger partial charge >= 0.3 is 5.97 Å². The zero-order chi connectivity index (χ0) is 12.8. The Bertz CT molecular complexity index is 408. The second-order valence-electron chi connectivity index (χ2n) is 4.16. The fraction of sp³-hybridized carbons (Fsp3) is 0.545. The number of allylic oxidation sites excluding steroid dienone is 1. The molecule has 17 heavy (non-hydrogen) atoms. The molecule has 0 spiro atoms. The first-order valence-electron chi connectivity index (χ1n) is 5.24. The monoisotopic (exact) mass is 242 g/mol. The first-order valence-corrected chi connectivity index (χ1v) is 5.24. The number of carbonyl (C=O) groups excluding carboxylic acids is 1. The summed E-state index contributed by atoms with van der Waals surface area (Å²) in [6, 6.07) is 0. The summed E-state index contributed by atoms with van der Waals surface area (Å²) in [5, 5.41) is 29.4. The molecule has 6 nitrogen and oxygen atoms in total. The molecule has 2 aliphatic rings. The van der Waals surface area contributed by atoms with Gasteiger partial charge in [-0.15, -0.1) is 0 Å². The molecule has 2 aliphatic heterocycles. The summed E-state index contributed by atoms with van der Waals surface area (Å²) in [6.45, 7) is 2.96. The summed E-state index contributed by atoms with van der Waals surface area (Å²) in [5.41, 5.74) is -0.219. The van der Waals surface area contributed by atoms with E-state index < -0.39 is 30.1 Å². The fourth-order valence-electron chi connectivity index (χ4n) is 1.95. The van der Waals surface area contributed by atoms with Gasteiger partial charge in [0, 0.05) is 6.92 Å². The Morgan fingerprint density at radius 3 is 2.65 bits per heavy atom. The van der Waals surface area contributed by atoms with E-state index in [2.05, 4.69) is 4.74 Å². The van der Waals surface area contributed by atoms with Gasteiger partial charge in [-0.3, -0.25) is 0 Å². The van der Waals surface area contributed by atoms with Crippen LogP contribution in [-0.2, 0) is 14.3 Å². The summed E-state index contributed by atoms with van der Waals surface area (Å²) < 4.78 is 9.97. The SMILES string of the molecule is C/C=C/[C@@H]1OC2=C(C(=O)O[C@]2(C)O)[C@H](O)[C@@H]1O. The highest BCUT2D eigenvalue weighted by molar-refractivity contribution is 5.93. The van der Waals surface area contributed by atoms with Gasteiger partial charge in [0.2, 0.25) is 0 Å². The van der Waals surface area contributed by atoms with Gasteiger partial charge in [0.25, 0.3) is 5.79 Å². The maximum absolute atomic E-state index is 11.4. The minimum Gasteiger partial charge on any atom is -0.480 e. The normalized spacial score (nSPS) is 41.5. The van der Waals surface area contributed by atoms with Crippen LogP contribution in [0.15, 0.2) is 23.5 Å². The van der Waals surface area contributed by atoms with Crippen LogP contribution in [0.5, 0.6) is 0 Å². The number of rotatable bonds is 1. The molecule has 3 N–H and O–H groups in total. The molecule has 2 heterocycles. The van der Waals surface area contributed by atoms with E-state index in [1.807, 2.05) is 0 Å². The van der Waals surface area contributed by atoms with Gasteiger partial charge in [-0.25, -0.2) is 4.79 Å². The molecule has 0 aromatic rings. The third kappa shape index (κ3) is 1.74. The highest BCUT2D eigenvalue weighted by atomic mass is 16.7. The van der Waals surface area contributed by atoms with E-state index in [0.29, 0.717) is 0 Å². The summed E-state index contributed by atoms with van der Waals surface area (Å²) >= 11 is 0. The quantitative estimate of drug-likeness (QED) is 0.411. The first kappa shape index (κ1) is 12.1. The Morgan fingerprint density at radius 1 is 1.41 bits per heavy atom. The minimum atomic E-state index is -1.90. The fourth-order valence-corrected chi connectivity index (χ4v) is 1.95. The Morgan fingerprint density at radius 2 is 2.06 bits per heavy atom. The van der Waals surface area contributed by atoms with E-state index in [4.69, 9.17) is 4.74 Å². The number of ether oxygens (including phenoxy) is 2. The van der Waals surface area contributed by atoms with Gasteiger partial charge < -0.3 is 24.8 Å². The molecular weight excluding hydrogens is 228 g/mol. The molecule has 2 rings (SSSR count). The van der Waals surface area contributed by atoms with Crippen LogP contribution < -0.4 is 0 Å². The van der Waals surface area contributed by atoms with Crippen molar-refractivity contribution in [3.05, 3.63) is 23.5 Å². The molecule has 0 amide bonds. The van der Waals surface area contributed by atoms with Gasteiger partial charge in [-0.05, 0) is 13.0 Å². The number of esters is 1. The van der Waals surface area contributed by atoms with Crippen molar-refractivity contribution in [1.29, 1.82) is 0 Å². The van der Waals surface area contributed by atoms with Crippen LogP contribution in [0.25, 0.3) is 0 Å². The van der Waals surface area contributed by atoms with Crippen molar-refractivity contribution in [1.82, 2.24) is 0 Å². The Labute approximate surface area is 97.8 Å². The van der Waals surface area contributed by atoms with Crippen LogP contribution >= 0.6 is 0 Å². The number of hydrogen-bond donors (Lipinski definition) is 3. The van der Waals surface area contributed by atoms with E-state index >= 15 is 0 Å². The molecule has 0 aliphatic carbocycles. The highest BCUT2D eigenvalue weighted by Crippen LogP contribution is 2.39. The summed E-state index contributed by atoms with van der Waals surface area (Å²) in [7, 11) is 0. The van der Waals surface area contributed by atoms with Crippen LogP contribution in [0.4, 0.5) is 0 Å². The second-order valence-corrected chi connectivity index (χ2v) is 4.16. The Hall–Kier alpha value is -1.37. The lowest BCUT2D eigenvalue weighted by molar-refractivity contribution is -0.187. The van der Waals surface area contributed by atoms with Gasteiger partial charge in [-0.2, -0.15) is 0 Å². The van der Waals surface area contributed by atoms with Crippen molar-refractivity contribution in [2.24, 2.45) is 0 Å². The smallest absolute Gasteiger partial charge is 0.343 e. The molecule has 6 heteroatoms. The standard InChI is InChI=1S/C11H14O6/c1-3-4-5-7(12)8(13)6-9(16-5)11(2,15)17-10(6)14/h3-5,7-8,12-13,15H,1-2H3/b4-3+/t5-,7+,8-,11-/m0/s1. The average Bonchev–Trinajstić information content (AvgIpc) is 2.45.